The Morgan fingerprint density at radius 1 is 1.33 bits per heavy atom. The van der Waals surface area contributed by atoms with Crippen LogP contribution in [0.1, 0.15) is 38.5 Å². The highest BCUT2D eigenvalue weighted by molar-refractivity contribution is 5.76. The Kier molecular flexibility index (Phi) is 3.29. The normalized spacial score (nSPS) is 30.5. The number of hydrogen-bond acceptors (Lipinski definition) is 2. The molecule has 0 radical (unpaired) electrons. The summed E-state index contributed by atoms with van der Waals surface area (Å²) in [5, 5.41) is 0. The first-order valence-corrected chi connectivity index (χ1v) is 6.18. The van der Waals surface area contributed by atoms with Gasteiger partial charge in [0.1, 0.15) is 0 Å². The Morgan fingerprint density at radius 2 is 2.07 bits per heavy atom. The molecule has 0 aromatic rings. The van der Waals surface area contributed by atoms with Crippen LogP contribution in [0, 0.1) is 11.8 Å². The van der Waals surface area contributed by atoms with Gasteiger partial charge in [0.2, 0.25) is 5.91 Å². The molecule has 0 aromatic heterocycles. The molecule has 2 rings (SSSR count). The third kappa shape index (κ3) is 2.51. The average molecular weight is 210 g/mol. The van der Waals surface area contributed by atoms with Crippen LogP contribution in [0.4, 0.5) is 0 Å². The van der Waals surface area contributed by atoms with E-state index in [4.69, 9.17) is 5.73 Å². The van der Waals surface area contributed by atoms with Gasteiger partial charge in [-0.25, -0.2) is 0 Å². The summed E-state index contributed by atoms with van der Waals surface area (Å²) < 4.78 is 0. The van der Waals surface area contributed by atoms with Crippen molar-refractivity contribution in [1.29, 1.82) is 0 Å². The van der Waals surface area contributed by atoms with Gasteiger partial charge in [-0.05, 0) is 44.1 Å². The zero-order valence-electron chi connectivity index (χ0n) is 9.61. The Morgan fingerprint density at radius 3 is 2.67 bits per heavy atom. The minimum absolute atomic E-state index is 0.336. The summed E-state index contributed by atoms with van der Waals surface area (Å²) in [5.41, 5.74) is 5.74. The highest BCUT2D eigenvalue weighted by atomic mass is 16.2. The summed E-state index contributed by atoms with van der Waals surface area (Å²) in [6, 6.07) is 0.418. The maximum absolute atomic E-state index is 11.9. The predicted octanol–water partition coefficient (Wildman–Crippen LogP) is 1.37. The average Bonchev–Trinajstić information content (AvgIpc) is 2.92. The molecule has 0 aliphatic heterocycles. The Labute approximate surface area is 92.0 Å². The molecule has 2 fully saturated rings. The molecular weight excluding hydrogens is 188 g/mol. The number of carbonyl (C=O) groups is 1. The molecule has 0 heterocycles. The Balaban J connectivity index is 1.87. The summed E-state index contributed by atoms with van der Waals surface area (Å²) in [6.45, 7) is 0.728. The second-order valence-corrected chi connectivity index (χ2v) is 5.15. The second kappa shape index (κ2) is 4.52. The standard InChI is InChI=1S/C12H22N2O/c1-14(12(15)7-9-5-6-9)11-4-2-3-10(11)8-13/h9-11H,2-8,13H2,1H3. The van der Waals surface area contributed by atoms with Gasteiger partial charge in [0, 0.05) is 19.5 Å². The van der Waals surface area contributed by atoms with Crippen molar-refractivity contribution in [3.8, 4) is 0 Å². The number of nitrogens with two attached hydrogens (primary N) is 1. The highest BCUT2D eigenvalue weighted by Crippen LogP contribution is 2.34. The lowest BCUT2D eigenvalue weighted by Gasteiger charge is -2.29. The predicted molar refractivity (Wildman–Crippen MR) is 60.3 cm³/mol. The first-order valence-electron chi connectivity index (χ1n) is 6.18. The zero-order valence-corrected chi connectivity index (χ0v) is 9.61. The van der Waals surface area contributed by atoms with E-state index in [1.807, 2.05) is 11.9 Å². The van der Waals surface area contributed by atoms with Crippen molar-refractivity contribution in [2.45, 2.75) is 44.6 Å². The number of rotatable bonds is 4. The molecule has 3 heteroatoms. The SMILES string of the molecule is CN(C(=O)CC1CC1)C1CCCC1CN. The zero-order chi connectivity index (χ0) is 10.8. The van der Waals surface area contributed by atoms with E-state index in [-0.39, 0.29) is 0 Å². The van der Waals surface area contributed by atoms with Crippen molar-refractivity contribution in [3.63, 3.8) is 0 Å². The third-order valence-electron chi connectivity index (χ3n) is 3.97. The molecule has 2 aliphatic rings. The summed E-state index contributed by atoms with van der Waals surface area (Å²) in [4.78, 5) is 13.9. The smallest absolute Gasteiger partial charge is 0.222 e. The van der Waals surface area contributed by atoms with Gasteiger partial charge < -0.3 is 10.6 Å². The molecule has 0 bridgehead atoms. The maximum atomic E-state index is 11.9. The van der Waals surface area contributed by atoms with Crippen LogP contribution in [0.25, 0.3) is 0 Å². The van der Waals surface area contributed by atoms with Gasteiger partial charge in [0.05, 0.1) is 0 Å². The molecule has 0 saturated heterocycles. The van der Waals surface area contributed by atoms with Gasteiger partial charge in [-0.15, -0.1) is 0 Å². The summed E-state index contributed by atoms with van der Waals surface area (Å²) in [5.74, 6) is 1.57. The van der Waals surface area contributed by atoms with Crippen molar-refractivity contribution in [1.82, 2.24) is 4.90 Å². The molecule has 1 amide bonds. The van der Waals surface area contributed by atoms with E-state index >= 15 is 0 Å². The first kappa shape index (κ1) is 10.9. The topological polar surface area (TPSA) is 46.3 Å². The van der Waals surface area contributed by atoms with Crippen molar-refractivity contribution in [3.05, 3.63) is 0 Å². The molecule has 3 nitrogen and oxygen atoms in total. The Bertz CT molecular complexity index is 238. The molecule has 86 valence electrons. The van der Waals surface area contributed by atoms with Crippen LogP contribution in [-0.4, -0.2) is 30.4 Å². The van der Waals surface area contributed by atoms with Crippen LogP contribution < -0.4 is 5.73 Å². The quantitative estimate of drug-likeness (QED) is 0.762. The van der Waals surface area contributed by atoms with Crippen LogP contribution >= 0.6 is 0 Å². The van der Waals surface area contributed by atoms with E-state index in [1.54, 1.807) is 0 Å². The fraction of sp³-hybridized carbons (Fsp3) is 0.917. The molecule has 2 N–H and O–H groups in total. The van der Waals surface area contributed by atoms with Crippen LogP contribution in [0.2, 0.25) is 0 Å². The molecule has 0 aromatic carbocycles. The first-order chi connectivity index (χ1) is 7.22. The van der Waals surface area contributed by atoms with E-state index in [0.717, 1.165) is 19.4 Å². The van der Waals surface area contributed by atoms with Crippen LogP contribution in [-0.2, 0) is 4.79 Å². The van der Waals surface area contributed by atoms with Crippen molar-refractivity contribution < 1.29 is 4.79 Å². The van der Waals surface area contributed by atoms with Gasteiger partial charge in [-0.2, -0.15) is 0 Å². The van der Waals surface area contributed by atoms with Gasteiger partial charge in [0.15, 0.2) is 0 Å². The second-order valence-electron chi connectivity index (χ2n) is 5.15. The molecular formula is C12H22N2O. The van der Waals surface area contributed by atoms with Crippen LogP contribution in [0.5, 0.6) is 0 Å². The van der Waals surface area contributed by atoms with Crippen molar-refractivity contribution >= 4 is 5.91 Å². The minimum atomic E-state index is 0.336. The molecule has 2 saturated carbocycles. The van der Waals surface area contributed by atoms with E-state index in [2.05, 4.69) is 0 Å². The van der Waals surface area contributed by atoms with E-state index in [1.165, 1.54) is 25.7 Å². The van der Waals surface area contributed by atoms with E-state index < -0.39 is 0 Å². The largest absolute Gasteiger partial charge is 0.342 e. The van der Waals surface area contributed by atoms with Gasteiger partial charge in [0.25, 0.3) is 0 Å². The molecule has 2 unspecified atom stereocenters. The number of amides is 1. The van der Waals surface area contributed by atoms with Gasteiger partial charge in [-0.1, -0.05) is 6.42 Å². The fourth-order valence-corrected chi connectivity index (χ4v) is 2.70. The fourth-order valence-electron chi connectivity index (χ4n) is 2.70. The van der Waals surface area contributed by atoms with E-state index in [0.29, 0.717) is 23.8 Å². The van der Waals surface area contributed by atoms with Crippen molar-refractivity contribution in [2.24, 2.45) is 17.6 Å². The molecule has 0 spiro atoms. The summed E-state index contributed by atoms with van der Waals surface area (Å²) in [6.07, 6.45) is 6.85. The van der Waals surface area contributed by atoms with Crippen molar-refractivity contribution in [2.75, 3.05) is 13.6 Å². The lowest BCUT2D eigenvalue weighted by Crippen LogP contribution is -2.41. The summed E-state index contributed by atoms with van der Waals surface area (Å²) >= 11 is 0. The van der Waals surface area contributed by atoms with Gasteiger partial charge >= 0.3 is 0 Å². The number of nitrogens with zero attached hydrogens (tertiary/aromatic N) is 1. The van der Waals surface area contributed by atoms with Crippen LogP contribution in [0.15, 0.2) is 0 Å². The number of hydrogen-bond donors (Lipinski definition) is 1. The lowest BCUT2D eigenvalue weighted by molar-refractivity contribution is -0.132. The van der Waals surface area contributed by atoms with Gasteiger partial charge in [-0.3, -0.25) is 4.79 Å². The van der Waals surface area contributed by atoms with Crippen LogP contribution in [0.3, 0.4) is 0 Å². The monoisotopic (exact) mass is 210 g/mol. The maximum Gasteiger partial charge on any atom is 0.222 e. The third-order valence-corrected chi connectivity index (χ3v) is 3.97. The van der Waals surface area contributed by atoms with E-state index in [9.17, 15) is 4.79 Å². The summed E-state index contributed by atoms with van der Waals surface area (Å²) in [7, 11) is 1.96. The number of carbonyl (C=O) groups excluding carboxylic acids is 1. The lowest BCUT2D eigenvalue weighted by atomic mass is 10.0. The minimum Gasteiger partial charge on any atom is -0.342 e. The molecule has 2 atom stereocenters. The molecule has 15 heavy (non-hydrogen) atoms. The molecule has 2 aliphatic carbocycles. The Hall–Kier alpha value is -0.570. The highest BCUT2D eigenvalue weighted by Gasteiger charge is 2.33.